The van der Waals surface area contributed by atoms with Gasteiger partial charge >= 0.3 is 0 Å². The lowest BCUT2D eigenvalue weighted by molar-refractivity contribution is 0.614. The van der Waals surface area contributed by atoms with Gasteiger partial charge in [-0.25, -0.2) is 12.8 Å². The molecule has 0 radical (unpaired) electrons. The first kappa shape index (κ1) is 21.9. The number of aromatic nitrogens is 2. The van der Waals surface area contributed by atoms with Crippen molar-refractivity contribution in [2.24, 2.45) is 0 Å². The topological polar surface area (TPSA) is 69.0 Å². The van der Waals surface area contributed by atoms with Crippen molar-refractivity contribution in [1.82, 2.24) is 9.78 Å². The van der Waals surface area contributed by atoms with Gasteiger partial charge in [-0.3, -0.25) is 4.79 Å². The van der Waals surface area contributed by atoms with Crippen LogP contribution in [0.25, 0.3) is 16.8 Å². The van der Waals surface area contributed by atoms with Crippen molar-refractivity contribution in [3.05, 3.63) is 117 Å². The first-order valence-corrected chi connectivity index (χ1v) is 11.5. The molecule has 0 saturated heterocycles. The van der Waals surface area contributed by atoms with Gasteiger partial charge in [0, 0.05) is 22.6 Å². The molecule has 0 aliphatic heterocycles. The quantitative estimate of drug-likeness (QED) is 0.426. The molecule has 3 aromatic carbocycles. The van der Waals surface area contributed by atoms with E-state index >= 15 is 0 Å². The second-order valence-corrected chi connectivity index (χ2v) is 8.64. The van der Waals surface area contributed by atoms with Crippen LogP contribution in [0.4, 0.5) is 4.39 Å². The summed E-state index contributed by atoms with van der Waals surface area (Å²) >= 11 is 6.09. The zero-order valence-corrected chi connectivity index (χ0v) is 18.4. The van der Waals surface area contributed by atoms with Crippen LogP contribution in [0.2, 0.25) is 5.02 Å². The van der Waals surface area contributed by atoms with Crippen LogP contribution in [-0.2, 0) is 22.9 Å². The van der Waals surface area contributed by atoms with E-state index in [4.69, 9.17) is 11.6 Å². The second-order valence-electron chi connectivity index (χ2n) is 7.22. The van der Waals surface area contributed by atoms with Gasteiger partial charge in [0.15, 0.2) is 0 Å². The van der Waals surface area contributed by atoms with Crippen molar-refractivity contribution in [3.63, 3.8) is 0 Å². The number of hydrogen-bond acceptors (Lipinski definition) is 4. The third-order valence-corrected chi connectivity index (χ3v) is 5.86. The third kappa shape index (κ3) is 4.95. The van der Waals surface area contributed by atoms with Gasteiger partial charge in [0.2, 0.25) is 0 Å². The highest BCUT2D eigenvalue weighted by molar-refractivity contribution is 7.71. The lowest BCUT2D eigenvalue weighted by Gasteiger charge is -2.13. The molecule has 1 heterocycles. The Labute approximate surface area is 190 Å². The highest BCUT2D eigenvalue weighted by Crippen LogP contribution is 2.24. The SMILES string of the molecule is O=c1c(Cc2ccc(F)cc2)c(-c2ccc(C[SH](=O)=O)cc2)cnn1-c1cccc(Cl)c1. The van der Waals surface area contributed by atoms with Gasteiger partial charge < -0.3 is 0 Å². The average Bonchev–Trinajstić information content (AvgIpc) is 2.77. The summed E-state index contributed by atoms with van der Waals surface area (Å²) in [4.78, 5) is 13.5. The van der Waals surface area contributed by atoms with Crippen molar-refractivity contribution in [3.8, 4) is 16.8 Å². The lowest BCUT2D eigenvalue weighted by Crippen LogP contribution is -2.25. The fourth-order valence-electron chi connectivity index (χ4n) is 3.45. The van der Waals surface area contributed by atoms with Crippen molar-refractivity contribution >= 4 is 22.3 Å². The molecule has 162 valence electrons. The Morgan fingerprint density at radius 2 is 1.62 bits per heavy atom. The van der Waals surface area contributed by atoms with Gasteiger partial charge in [-0.1, -0.05) is 54.1 Å². The Balaban J connectivity index is 1.84. The maximum absolute atomic E-state index is 13.5. The van der Waals surface area contributed by atoms with Crippen molar-refractivity contribution in [2.45, 2.75) is 12.2 Å². The van der Waals surface area contributed by atoms with E-state index in [2.05, 4.69) is 5.10 Å². The molecule has 0 amide bonds. The van der Waals surface area contributed by atoms with Crippen LogP contribution >= 0.6 is 11.6 Å². The van der Waals surface area contributed by atoms with Gasteiger partial charge in [-0.15, -0.1) is 0 Å². The van der Waals surface area contributed by atoms with Crippen LogP contribution in [0.1, 0.15) is 16.7 Å². The van der Waals surface area contributed by atoms with Crippen molar-refractivity contribution in [2.75, 3.05) is 0 Å². The largest absolute Gasteiger partial charge is 0.275 e. The molecule has 0 bridgehead atoms. The van der Waals surface area contributed by atoms with Crippen LogP contribution in [0.5, 0.6) is 0 Å². The minimum Gasteiger partial charge on any atom is -0.267 e. The molecule has 0 atom stereocenters. The Hall–Kier alpha value is -3.29. The molecule has 1 aromatic heterocycles. The van der Waals surface area contributed by atoms with E-state index in [1.54, 1.807) is 66.9 Å². The highest BCUT2D eigenvalue weighted by Gasteiger charge is 2.15. The summed E-state index contributed by atoms with van der Waals surface area (Å²) < 4.78 is 36.6. The van der Waals surface area contributed by atoms with Gasteiger partial charge in [-0.2, -0.15) is 9.78 Å². The number of hydrogen-bond donors (Lipinski definition) is 1. The minimum atomic E-state index is -2.53. The zero-order valence-electron chi connectivity index (χ0n) is 16.7. The smallest absolute Gasteiger partial charge is 0.267 e. The molecule has 0 saturated carbocycles. The minimum absolute atomic E-state index is 0.0489. The van der Waals surface area contributed by atoms with Gasteiger partial charge in [0.05, 0.1) is 17.6 Å². The summed E-state index contributed by atoms with van der Waals surface area (Å²) in [5.74, 6) is -0.403. The fourth-order valence-corrected chi connectivity index (χ4v) is 4.14. The number of nitrogens with zero attached hydrogens (tertiary/aromatic N) is 2. The molecule has 0 spiro atoms. The Kier molecular flexibility index (Phi) is 6.48. The van der Waals surface area contributed by atoms with E-state index < -0.39 is 10.7 Å². The number of thiol groups is 1. The average molecular weight is 469 g/mol. The van der Waals surface area contributed by atoms with Crippen LogP contribution in [-0.4, -0.2) is 18.2 Å². The number of benzene rings is 3. The van der Waals surface area contributed by atoms with Crippen LogP contribution in [0, 0.1) is 5.82 Å². The maximum Gasteiger partial charge on any atom is 0.275 e. The summed E-state index contributed by atoms with van der Waals surface area (Å²) in [5.41, 5.74) is 3.48. The summed E-state index contributed by atoms with van der Waals surface area (Å²) in [6, 6.07) is 19.8. The predicted octanol–water partition coefficient (Wildman–Crippen LogP) is 4.39. The summed E-state index contributed by atoms with van der Waals surface area (Å²) in [6.07, 6.45) is 1.87. The fraction of sp³-hybridized carbons (Fsp3) is 0.0833. The third-order valence-electron chi connectivity index (χ3n) is 5.00. The van der Waals surface area contributed by atoms with Crippen molar-refractivity contribution < 1.29 is 12.8 Å². The van der Waals surface area contributed by atoms with E-state index in [0.29, 0.717) is 27.4 Å². The number of rotatable bonds is 6. The molecule has 4 aromatic rings. The van der Waals surface area contributed by atoms with E-state index in [-0.39, 0.29) is 23.6 Å². The standard InChI is InChI=1S/C24H18ClFN2O3S/c25-19-2-1-3-21(13-19)28-24(29)22(12-16-6-10-20(26)11-7-16)23(14-27-28)18-8-4-17(5-9-18)15-32(30)31/h1-11,13-14,32H,12,15H2. The van der Waals surface area contributed by atoms with E-state index in [1.165, 1.54) is 16.8 Å². The Morgan fingerprint density at radius 3 is 2.28 bits per heavy atom. The molecular weight excluding hydrogens is 451 g/mol. The van der Waals surface area contributed by atoms with Gasteiger partial charge in [-0.05, 0) is 47.0 Å². The van der Waals surface area contributed by atoms with Crippen LogP contribution in [0.15, 0.2) is 83.8 Å². The first-order chi connectivity index (χ1) is 15.4. The highest BCUT2D eigenvalue weighted by atomic mass is 35.5. The molecule has 0 unspecified atom stereocenters. The van der Waals surface area contributed by atoms with Crippen LogP contribution < -0.4 is 5.56 Å². The first-order valence-electron chi connectivity index (χ1n) is 9.73. The van der Waals surface area contributed by atoms with Crippen LogP contribution in [0.3, 0.4) is 0 Å². The Morgan fingerprint density at radius 1 is 0.938 bits per heavy atom. The molecule has 5 nitrogen and oxygen atoms in total. The lowest BCUT2D eigenvalue weighted by atomic mass is 9.97. The molecule has 0 aliphatic carbocycles. The molecule has 8 heteroatoms. The molecule has 0 aliphatic rings. The maximum atomic E-state index is 13.5. The molecule has 0 N–H and O–H groups in total. The molecule has 32 heavy (non-hydrogen) atoms. The number of halogens is 2. The zero-order chi connectivity index (χ0) is 22.7. The molecule has 0 fully saturated rings. The Bertz CT molecular complexity index is 1390. The summed E-state index contributed by atoms with van der Waals surface area (Å²) in [5, 5.41) is 4.82. The normalized spacial score (nSPS) is 11.1. The summed E-state index contributed by atoms with van der Waals surface area (Å²) in [7, 11) is -2.53. The van der Waals surface area contributed by atoms with Gasteiger partial charge in [0.1, 0.15) is 16.5 Å². The molecule has 4 rings (SSSR count). The van der Waals surface area contributed by atoms with E-state index in [0.717, 1.165) is 11.1 Å². The van der Waals surface area contributed by atoms with E-state index in [1.807, 2.05) is 0 Å². The van der Waals surface area contributed by atoms with E-state index in [9.17, 15) is 17.6 Å². The van der Waals surface area contributed by atoms with Gasteiger partial charge in [0.25, 0.3) is 5.56 Å². The second kappa shape index (κ2) is 9.46. The monoisotopic (exact) mass is 468 g/mol. The predicted molar refractivity (Wildman–Crippen MR) is 124 cm³/mol. The summed E-state index contributed by atoms with van der Waals surface area (Å²) in [6.45, 7) is 0. The van der Waals surface area contributed by atoms with Crippen molar-refractivity contribution in [1.29, 1.82) is 0 Å². The molecular formula is C24H18ClFN2O3S.